The lowest BCUT2D eigenvalue weighted by Gasteiger charge is -2.11. The molecule has 2 rings (SSSR count). The smallest absolute Gasteiger partial charge is 0.0675 e. The predicted molar refractivity (Wildman–Crippen MR) is 83.0 cm³/mol. The lowest BCUT2D eigenvalue weighted by Crippen LogP contribution is -2.21. The summed E-state index contributed by atoms with van der Waals surface area (Å²) in [6, 6.07) is 7.03. The fourth-order valence-electron chi connectivity index (χ4n) is 1.84. The molecule has 2 aromatic rings. The molecule has 0 amide bonds. The second kappa shape index (κ2) is 5.84. The van der Waals surface area contributed by atoms with Crippen LogP contribution < -0.4 is 5.32 Å². The summed E-state index contributed by atoms with van der Waals surface area (Å²) in [5.74, 6) is 0. The molecular weight excluding hydrogens is 337 g/mol. The summed E-state index contributed by atoms with van der Waals surface area (Å²) in [4.78, 5) is 0. The summed E-state index contributed by atoms with van der Waals surface area (Å²) in [5.41, 5.74) is 3.70. The lowest BCUT2D eigenvalue weighted by molar-refractivity contribution is 0.588. The van der Waals surface area contributed by atoms with Crippen LogP contribution in [-0.2, 0) is 6.54 Å². The third kappa shape index (κ3) is 3.32. The van der Waals surface area contributed by atoms with Gasteiger partial charge in [-0.05, 0) is 46.7 Å². The molecule has 0 aliphatic heterocycles. The van der Waals surface area contributed by atoms with Crippen molar-refractivity contribution < 1.29 is 0 Å². The van der Waals surface area contributed by atoms with E-state index in [4.69, 9.17) is 0 Å². The van der Waals surface area contributed by atoms with Crippen LogP contribution in [0.4, 0.5) is 0 Å². The van der Waals surface area contributed by atoms with Crippen LogP contribution in [0.1, 0.15) is 25.0 Å². The van der Waals surface area contributed by atoms with Crippen LogP contribution in [0.5, 0.6) is 0 Å². The van der Waals surface area contributed by atoms with E-state index in [1.807, 2.05) is 17.1 Å². The second-order valence-electron chi connectivity index (χ2n) is 4.76. The van der Waals surface area contributed by atoms with Crippen molar-refractivity contribution in [2.24, 2.45) is 0 Å². The highest BCUT2D eigenvalue weighted by Gasteiger charge is 2.04. The van der Waals surface area contributed by atoms with Crippen molar-refractivity contribution in [2.45, 2.75) is 33.4 Å². The maximum atomic E-state index is 4.34. The van der Waals surface area contributed by atoms with E-state index in [0.29, 0.717) is 6.04 Å². The van der Waals surface area contributed by atoms with Gasteiger partial charge in [0.2, 0.25) is 0 Å². The zero-order chi connectivity index (χ0) is 13.1. The average Bonchev–Trinajstić information content (AvgIpc) is 2.73. The number of hydrogen-bond donors (Lipinski definition) is 1. The van der Waals surface area contributed by atoms with Crippen LogP contribution in [0.25, 0.3) is 5.69 Å². The van der Waals surface area contributed by atoms with Crippen LogP contribution in [0.2, 0.25) is 0 Å². The Morgan fingerprint density at radius 2 is 2.17 bits per heavy atom. The van der Waals surface area contributed by atoms with Gasteiger partial charge in [-0.3, -0.25) is 0 Å². The normalized spacial score (nSPS) is 11.2. The summed E-state index contributed by atoms with van der Waals surface area (Å²) in [6.45, 7) is 7.36. The van der Waals surface area contributed by atoms with Gasteiger partial charge in [0.15, 0.2) is 0 Å². The number of nitrogens with one attached hydrogen (secondary N) is 1. The molecule has 0 spiro atoms. The van der Waals surface area contributed by atoms with Crippen molar-refractivity contribution in [3.8, 4) is 5.69 Å². The Morgan fingerprint density at radius 3 is 2.72 bits per heavy atom. The standard InChI is InChI=1S/C14H18IN3/c1-10(2)16-7-12-4-5-14(11(3)6-12)18-9-13(15)8-17-18/h4-6,8-10,16H,7H2,1-3H3. The number of nitrogens with zero attached hydrogens (tertiary/aromatic N) is 2. The Labute approximate surface area is 122 Å². The molecule has 0 aliphatic rings. The minimum atomic E-state index is 0.512. The van der Waals surface area contributed by atoms with E-state index >= 15 is 0 Å². The number of benzene rings is 1. The van der Waals surface area contributed by atoms with Gasteiger partial charge in [0.25, 0.3) is 0 Å². The van der Waals surface area contributed by atoms with Crippen LogP contribution in [0, 0.1) is 10.5 Å². The highest BCUT2D eigenvalue weighted by molar-refractivity contribution is 14.1. The van der Waals surface area contributed by atoms with Crippen molar-refractivity contribution in [1.29, 1.82) is 0 Å². The van der Waals surface area contributed by atoms with Gasteiger partial charge in [-0.25, -0.2) is 4.68 Å². The monoisotopic (exact) mass is 355 g/mol. The molecule has 0 atom stereocenters. The van der Waals surface area contributed by atoms with Crippen molar-refractivity contribution in [2.75, 3.05) is 0 Å². The SMILES string of the molecule is Cc1cc(CNC(C)C)ccc1-n1cc(I)cn1. The molecule has 0 unspecified atom stereocenters. The highest BCUT2D eigenvalue weighted by Crippen LogP contribution is 2.16. The van der Waals surface area contributed by atoms with E-state index in [9.17, 15) is 0 Å². The minimum absolute atomic E-state index is 0.512. The maximum absolute atomic E-state index is 4.34. The molecule has 1 heterocycles. The van der Waals surface area contributed by atoms with Gasteiger partial charge in [-0.1, -0.05) is 26.0 Å². The second-order valence-corrected chi connectivity index (χ2v) is 6.01. The van der Waals surface area contributed by atoms with Crippen LogP contribution in [-0.4, -0.2) is 15.8 Å². The van der Waals surface area contributed by atoms with E-state index in [1.54, 1.807) is 0 Å². The van der Waals surface area contributed by atoms with Crippen LogP contribution in [0.15, 0.2) is 30.6 Å². The van der Waals surface area contributed by atoms with Gasteiger partial charge < -0.3 is 5.32 Å². The molecule has 96 valence electrons. The fourth-order valence-corrected chi connectivity index (χ4v) is 2.23. The molecular formula is C14H18IN3. The quantitative estimate of drug-likeness (QED) is 0.853. The molecule has 3 nitrogen and oxygen atoms in total. The van der Waals surface area contributed by atoms with Crippen molar-refractivity contribution in [3.05, 3.63) is 45.3 Å². The first kappa shape index (κ1) is 13.5. The summed E-state index contributed by atoms with van der Waals surface area (Å²) < 4.78 is 3.08. The third-order valence-electron chi connectivity index (χ3n) is 2.77. The first-order valence-electron chi connectivity index (χ1n) is 6.09. The Morgan fingerprint density at radius 1 is 1.39 bits per heavy atom. The molecule has 0 bridgehead atoms. The summed E-state index contributed by atoms with van der Waals surface area (Å²) in [7, 11) is 0. The van der Waals surface area contributed by atoms with E-state index in [2.05, 4.69) is 72.0 Å². The molecule has 0 saturated heterocycles. The number of rotatable bonds is 4. The Balaban J connectivity index is 2.20. The van der Waals surface area contributed by atoms with Crippen LogP contribution >= 0.6 is 22.6 Å². The number of halogens is 1. The van der Waals surface area contributed by atoms with E-state index in [-0.39, 0.29) is 0 Å². The average molecular weight is 355 g/mol. The first-order chi connectivity index (χ1) is 8.56. The molecule has 0 fully saturated rings. The minimum Gasteiger partial charge on any atom is -0.310 e. The zero-order valence-electron chi connectivity index (χ0n) is 10.9. The predicted octanol–water partition coefficient (Wildman–Crippen LogP) is 3.28. The Kier molecular flexibility index (Phi) is 4.40. The van der Waals surface area contributed by atoms with Gasteiger partial charge >= 0.3 is 0 Å². The fraction of sp³-hybridized carbons (Fsp3) is 0.357. The van der Waals surface area contributed by atoms with E-state index in [1.165, 1.54) is 11.1 Å². The lowest BCUT2D eigenvalue weighted by atomic mass is 10.1. The molecule has 0 aliphatic carbocycles. The highest BCUT2D eigenvalue weighted by atomic mass is 127. The van der Waals surface area contributed by atoms with Gasteiger partial charge in [0, 0.05) is 18.8 Å². The molecule has 1 aromatic heterocycles. The Bertz CT molecular complexity index is 532. The molecule has 0 saturated carbocycles. The third-order valence-corrected chi connectivity index (χ3v) is 3.33. The largest absolute Gasteiger partial charge is 0.310 e. The molecule has 0 radical (unpaired) electrons. The van der Waals surface area contributed by atoms with Crippen molar-refractivity contribution in [3.63, 3.8) is 0 Å². The van der Waals surface area contributed by atoms with E-state index in [0.717, 1.165) is 15.8 Å². The number of hydrogen-bond acceptors (Lipinski definition) is 2. The van der Waals surface area contributed by atoms with Gasteiger partial charge in [-0.15, -0.1) is 0 Å². The Hall–Kier alpha value is -0.880. The van der Waals surface area contributed by atoms with Crippen molar-refractivity contribution >= 4 is 22.6 Å². The van der Waals surface area contributed by atoms with Gasteiger partial charge in [0.1, 0.15) is 0 Å². The molecule has 4 heteroatoms. The summed E-state index contributed by atoms with van der Waals surface area (Å²) in [5, 5.41) is 7.77. The summed E-state index contributed by atoms with van der Waals surface area (Å²) >= 11 is 2.27. The number of aromatic nitrogens is 2. The van der Waals surface area contributed by atoms with Gasteiger partial charge in [-0.2, -0.15) is 5.10 Å². The van der Waals surface area contributed by atoms with E-state index < -0.39 is 0 Å². The molecule has 1 aromatic carbocycles. The zero-order valence-corrected chi connectivity index (χ0v) is 13.1. The topological polar surface area (TPSA) is 29.9 Å². The molecule has 18 heavy (non-hydrogen) atoms. The number of aryl methyl sites for hydroxylation is 1. The van der Waals surface area contributed by atoms with Gasteiger partial charge in [0.05, 0.1) is 15.5 Å². The van der Waals surface area contributed by atoms with Crippen LogP contribution in [0.3, 0.4) is 0 Å². The summed E-state index contributed by atoms with van der Waals surface area (Å²) in [6.07, 6.45) is 3.91. The van der Waals surface area contributed by atoms with Crippen molar-refractivity contribution in [1.82, 2.24) is 15.1 Å². The molecule has 1 N–H and O–H groups in total. The maximum Gasteiger partial charge on any atom is 0.0675 e. The first-order valence-corrected chi connectivity index (χ1v) is 7.17.